The molecule has 1 aromatic heterocycles. The number of nitrogens with zero attached hydrogens (tertiary/aromatic N) is 2. The van der Waals surface area contributed by atoms with Gasteiger partial charge in [0, 0.05) is 12.5 Å². The van der Waals surface area contributed by atoms with Crippen LogP contribution in [0.2, 0.25) is 0 Å². The maximum atomic E-state index is 13.0. The first-order valence-electron chi connectivity index (χ1n) is 9.21. The summed E-state index contributed by atoms with van der Waals surface area (Å²) in [5, 5.41) is 2.49. The molecule has 0 unspecified atom stereocenters. The summed E-state index contributed by atoms with van der Waals surface area (Å²) in [6.07, 6.45) is -1.59. The fourth-order valence-corrected chi connectivity index (χ4v) is 2.45. The highest BCUT2D eigenvalue weighted by atomic mass is 16.6. The van der Waals surface area contributed by atoms with Gasteiger partial charge >= 0.3 is 12.2 Å². The summed E-state index contributed by atoms with van der Waals surface area (Å²) in [4.78, 5) is 41.9. The predicted molar refractivity (Wildman–Crippen MR) is 109 cm³/mol. The van der Waals surface area contributed by atoms with Gasteiger partial charge in [-0.2, -0.15) is 0 Å². The van der Waals surface area contributed by atoms with E-state index in [0.29, 0.717) is 5.56 Å². The van der Waals surface area contributed by atoms with E-state index in [0.717, 1.165) is 4.57 Å². The molecule has 0 saturated heterocycles. The van der Waals surface area contributed by atoms with Gasteiger partial charge in [0.25, 0.3) is 0 Å². The van der Waals surface area contributed by atoms with Crippen molar-refractivity contribution in [1.29, 1.82) is 0 Å². The lowest BCUT2D eigenvalue weighted by molar-refractivity contribution is 0.0542. The minimum atomic E-state index is -0.815. The van der Waals surface area contributed by atoms with Crippen LogP contribution in [0, 0.1) is 0 Å². The first-order valence-corrected chi connectivity index (χ1v) is 9.21. The average Bonchev–Trinajstić information content (AvgIpc) is 2.91. The first kappa shape index (κ1) is 22.1. The summed E-state index contributed by atoms with van der Waals surface area (Å²) in [6, 6.07) is 8.85. The van der Waals surface area contributed by atoms with Crippen molar-refractivity contribution in [2.75, 3.05) is 5.32 Å². The maximum absolute atomic E-state index is 13.0. The van der Waals surface area contributed by atoms with Crippen molar-refractivity contribution in [3.05, 3.63) is 36.0 Å². The third-order valence-corrected chi connectivity index (χ3v) is 3.44. The van der Waals surface area contributed by atoms with Gasteiger partial charge in [-0.15, -0.1) is 0 Å². The molecule has 0 radical (unpaired) electrons. The molecular weight excluding hydrogens is 374 g/mol. The first-order chi connectivity index (χ1) is 13.3. The molecule has 8 nitrogen and oxygen atoms in total. The van der Waals surface area contributed by atoms with E-state index in [1.807, 2.05) is 6.07 Å². The summed E-state index contributed by atoms with van der Waals surface area (Å²) in [5.74, 6) is -0.341. The van der Waals surface area contributed by atoms with Crippen LogP contribution >= 0.6 is 0 Å². The number of rotatable bonds is 3. The number of amides is 1. The SMILES string of the molecule is CC(=O)c1nc(-c2ccccc2)n(C(=O)OC(C)(C)C)c1NC(=O)OC(C)(C)C. The number of benzene rings is 1. The Labute approximate surface area is 170 Å². The minimum Gasteiger partial charge on any atom is -0.444 e. The van der Waals surface area contributed by atoms with Crippen LogP contribution in [-0.2, 0) is 9.47 Å². The number of carbonyl (C=O) groups is 3. The van der Waals surface area contributed by atoms with Crippen LogP contribution in [0.25, 0.3) is 11.4 Å². The number of imidazole rings is 1. The molecule has 1 aromatic carbocycles. The van der Waals surface area contributed by atoms with Crippen LogP contribution < -0.4 is 5.32 Å². The molecule has 0 aliphatic heterocycles. The Balaban J connectivity index is 2.65. The molecule has 0 atom stereocenters. The van der Waals surface area contributed by atoms with Gasteiger partial charge in [-0.25, -0.2) is 19.1 Å². The molecule has 0 saturated carbocycles. The van der Waals surface area contributed by atoms with E-state index in [-0.39, 0.29) is 17.3 Å². The van der Waals surface area contributed by atoms with Gasteiger partial charge in [0.2, 0.25) is 0 Å². The second-order valence-electron chi connectivity index (χ2n) is 8.50. The Kier molecular flexibility index (Phi) is 6.15. The predicted octanol–water partition coefficient (Wildman–Crippen LogP) is 4.88. The van der Waals surface area contributed by atoms with E-state index in [4.69, 9.17) is 9.47 Å². The molecule has 8 heteroatoms. The quantitative estimate of drug-likeness (QED) is 0.736. The molecule has 0 spiro atoms. The second-order valence-corrected chi connectivity index (χ2v) is 8.50. The van der Waals surface area contributed by atoms with Gasteiger partial charge in [-0.1, -0.05) is 30.3 Å². The monoisotopic (exact) mass is 401 g/mol. The summed E-state index contributed by atoms with van der Waals surface area (Å²) in [6.45, 7) is 11.6. The molecule has 29 heavy (non-hydrogen) atoms. The van der Waals surface area contributed by atoms with Crippen molar-refractivity contribution >= 4 is 23.8 Å². The zero-order valence-corrected chi connectivity index (χ0v) is 17.8. The summed E-state index contributed by atoms with van der Waals surface area (Å²) < 4.78 is 11.8. The third-order valence-electron chi connectivity index (χ3n) is 3.44. The van der Waals surface area contributed by atoms with E-state index in [2.05, 4.69) is 10.3 Å². The molecule has 0 fully saturated rings. The number of Topliss-reactive ketones (excluding diaryl/α,β-unsaturated/α-hetero) is 1. The van der Waals surface area contributed by atoms with Gasteiger partial charge in [0.1, 0.15) is 16.9 Å². The molecule has 1 heterocycles. The van der Waals surface area contributed by atoms with Crippen molar-refractivity contribution in [2.24, 2.45) is 0 Å². The molecule has 2 aromatic rings. The summed E-state index contributed by atoms with van der Waals surface area (Å²) in [7, 11) is 0. The number of anilines is 1. The maximum Gasteiger partial charge on any atom is 0.421 e. The van der Waals surface area contributed by atoms with E-state index in [1.54, 1.807) is 65.8 Å². The highest BCUT2D eigenvalue weighted by Crippen LogP contribution is 2.28. The van der Waals surface area contributed by atoms with Crippen molar-refractivity contribution < 1.29 is 23.9 Å². The van der Waals surface area contributed by atoms with E-state index < -0.39 is 29.2 Å². The Morgan fingerprint density at radius 2 is 1.48 bits per heavy atom. The molecule has 0 aliphatic carbocycles. The topological polar surface area (TPSA) is 99.5 Å². The zero-order chi connectivity index (χ0) is 22.0. The number of ether oxygens (including phenoxy) is 2. The third kappa shape index (κ3) is 5.91. The van der Waals surface area contributed by atoms with Gasteiger partial charge in [0.15, 0.2) is 17.4 Å². The smallest absolute Gasteiger partial charge is 0.421 e. The highest BCUT2D eigenvalue weighted by molar-refractivity contribution is 6.03. The van der Waals surface area contributed by atoms with E-state index in [9.17, 15) is 14.4 Å². The Hall–Kier alpha value is -3.16. The average molecular weight is 401 g/mol. The van der Waals surface area contributed by atoms with Gasteiger partial charge < -0.3 is 9.47 Å². The lowest BCUT2D eigenvalue weighted by Gasteiger charge is -2.22. The number of hydrogen-bond donors (Lipinski definition) is 1. The van der Waals surface area contributed by atoms with Crippen LogP contribution in [0.3, 0.4) is 0 Å². The van der Waals surface area contributed by atoms with Crippen molar-refractivity contribution in [3.8, 4) is 11.4 Å². The second kappa shape index (κ2) is 8.06. The van der Waals surface area contributed by atoms with Crippen LogP contribution in [0.5, 0.6) is 0 Å². The van der Waals surface area contributed by atoms with Crippen molar-refractivity contribution in [2.45, 2.75) is 59.7 Å². The molecule has 0 bridgehead atoms. The summed E-state index contributed by atoms with van der Waals surface area (Å²) in [5.41, 5.74) is -1.05. The standard InChI is InChI=1S/C21H27N3O5/c1-13(25)15-17(23-18(26)28-20(2,3)4)24(19(27)29-21(5,6)7)16(22-15)14-11-9-8-10-12-14/h8-12H,1-7H3,(H,23,26). The summed E-state index contributed by atoms with van der Waals surface area (Å²) >= 11 is 0. The fraction of sp³-hybridized carbons (Fsp3) is 0.429. The van der Waals surface area contributed by atoms with Crippen molar-refractivity contribution in [3.63, 3.8) is 0 Å². The molecular formula is C21H27N3O5. The Morgan fingerprint density at radius 1 is 0.931 bits per heavy atom. The number of hydrogen-bond acceptors (Lipinski definition) is 6. The van der Waals surface area contributed by atoms with Crippen molar-refractivity contribution in [1.82, 2.24) is 9.55 Å². The van der Waals surface area contributed by atoms with Crippen LogP contribution in [0.1, 0.15) is 59.0 Å². The number of ketones is 1. The molecule has 2 rings (SSSR count). The zero-order valence-electron chi connectivity index (χ0n) is 17.8. The van der Waals surface area contributed by atoms with Crippen LogP contribution in [-0.4, -0.2) is 38.7 Å². The highest BCUT2D eigenvalue weighted by Gasteiger charge is 2.30. The molecule has 156 valence electrons. The number of nitrogens with one attached hydrogen (secondary N) is 1. The fourth-order valence-electron chi connectivity index (χ4n) is 2.45. The largest absolute Gasteiger partial charge is 0.444 e. The number of carbonyl (C=O) groups excluding carboxylic acids is 3. The lowest BCUT2D eigenvalue weighted by Crippen LogP contribution is -2.31. The van der Waals surface area contributed by atoms with Crippen LogP contribution in [0.4, 0.5) is 15.4 Å². The van der Waals surface area contributed by atoms with E-state index in [1.165, 1.54) is 6.92 Å². The van der Waals surface area contributed by atoms with Crippen LogP contribution in [0.15, 0.2) is 30.3 Å². The van der Waals surface area contributed by atoms with E-state index >= 15 is 0 Å². The molecule has 0 aliphatic rings. The normalized spacial score (nSPS) is 11.7. The Morgan fingerprint density at radius 3 is 1.97 bits per heavy atom. The molecule has 1 N–H and O–H groups in total. The minimum absolute atomic E-state index is 0.0689. The molecule has 1 amide bonds. The Bertz CT molecular complexity index is 918. The van der Waals surface area contributed by atoms with Gasteiger partial charge in [-0.3, -0.25) is 10.1 Å². The lowest BCUT2D eigenvalue weighted by atomic mass is 10.2. The van der Waals surface area contributed by atoms with Gasteiger partial charge in [-0.05, 0) is 41.5 Å². The number of aromatic nitrogens is 2. The van der Waals surface area contributed by atoms with Gasteiger partial charge in [0.05, 0.1) is 0 Å².